The van der Waals surface area contributed by atoms with Gasteiger partial charge in [0.1, 0.15) is 6.61 Å². The minimum Gasteiger partial charge on any atom is -0.371 e. The molecule has 0 aliphatic heterocycles. The molecule has 0 saturated heterocycles. The van der Waals surface area contributed by atoms with Crippen LogP contribution in [0, 0.1) is 5.92 Å². The molecule has 2 atom stereocenters. The molecule has 0 spiro atoms. The smallest absolute Gasteiger partial charge is 0.371 e. The molecule has 90 valence electrons. The maximum Gasteiger partial charge on any atom is 0.411 e. The molecule has 0 aromatic carbocycles. The fourth-order valence-electron chi connectivity index (χ4n) is 1.69. The van der Waals surface area contributed by atoms with Crippen molar-refractivity contribution >= 4 is 0 Å². The van der Waals surface area contributed by atoms with Crippen molar-refractivity contribution in [3.63, 3.8) is 0 Å². The van der Waals surface area contributed by atoms with Crippen LogP contribution in [-0.2, 0) is 4.74 Å². The van der Waals surface area contributed by atoms with E-state index < -0.39 is 12.8 Å². The third kappa shape index (κ3) is 5.99. The quantitative estimate of drug-likeness (QED) is 0.671. The van der Waals surface area contributed by atoms with Crippen molar-refractivity contribution in [2.24, 2.45) is 5.92 Å². The van der Waals surface area contributed by atoms with E-state index in [0.29, 0.717) is 12.6 Å². The molecule has 5 heteroatoms. The molecule has 1 rings (SSSR count). The van der Waals surface area contributed by atoms with Crippen LogP contribution < -0.4 is 5.32 Å². The zero-order valence-corrected chi connectivity index (χ0v) is 8.94. The van der Waals surface area contributed by atoms with Crippen molar-refractivity contribution in [3.8, 4) is 0 Å². The average Bonchev–Trinajstić information content (AvgIpc) is 2.82. The van der Waals surface area contributed by atoms with Crippen LogP contribution >= 0.6 is 0 Å². The van der Waals surface area contributed by atoms with Crippen LogP contribution in [0.15, 0.2) is 0 Å². The van der Waals surface area contributed by atoms with E-state index in [1.54, 1.807) is 0 Å². The molecule has 0 bridgehead atoms. The number of rotatable bonds is 7. The number of halogens is 3. The van der Waals surface area contributed by atoms with Crippen molar-refractivity contribution in [2.75, 3.05) is 19.8 Å². The fourth-order valence-corrected chi connectivity index (χ4v) is 1.69. The molecular formula is C10H18F3NO. The van der Waals surface area contributed by atoms with Crippen molar-refractivity contribution in [1.29, 1.82) is 0 Å². The number of nitrogens with one attached hydrogen (secondary N) is 1. The third-order valence-electron chi connectivity index (χ3n) is 2.50. The van der Waals surface area contributed by atoms with Gasteiger partial charge in [0.2, 0.25) is 0 Å². The first-order chi connectivity index (χ1) is 7.03. The molecule has 1 aliphatic carbocycles. The van der Waals surface area contributed by atoms with Gasteiger partial charge < -0.3 is 10.1 Å². The summed E-state index contributed by atoms with van der Waals surface area (Å²) in [5.41, 5.74) is 0. The Morgan fingerprint density at radius 1 is 1.40 bits per heavy atom. The molecule has 1 aliphatic rings. The number of ether oxygens (including phenoxy) is 1. The Bertz CT molecular complexity index is 184. The maximum atomic E-state index is 11.7. The third-order valence-corrected chi connectivity index (χ3v) is 2.50. The summed E-state index contributed by atoms with van der Waals surface area (Å²) in [7, 11) is 0. The van der Waals surface area contributed by atoms with E-state index in [0.717, 1.165) is 12.3 Å². The second-order valence-electron chi connectivity index (χ2n) is 4.01. The molecule has 0 aromatic rings. The fraction of sp³-hybridized carbons (Fsp3) is 1.00. The summed E-state index contributed by atoms with van der Waals surface area (Å²) < 4.78 is 39.5. The Kier molecular flexibility index (Phi) is 4.86. The lowest BCUT2D eigenvalue weighted by Crippen LogP contribution is -2.26. The van der Waals surface area contributed by atoms with E-state index in [4.69, 9.17) is 0 Å². The monoisotopic (exact) mass is 225 g/mol. The lowest BCUT2D eigenvalue weighted by Gasteiger charge is -2.08. The number of hydrogen-bond donors (Lipinski definition) is 1. The zero-order chi connectivity index (χ0) is 11.3. The van der Waals surface area contributed by atoms with Crippen LogP contribution in [0.2, 0.25) is 0 Å². The number of alkyl halides is 3. The zero-order valence-electron chi connectivity index (χ0n) is 8.94. The molecule has 2 unspecified atom stereocenters. The topological polar surface area (TPSA) is 21.3 Å². The minimum absolute atomic E-state index is 0.134. The van der Waals surface area contributed by atoms with Gasteiger partial charge in [-0.25, -0.2) is 0 Å². The standard InChI is InChI=1S/C10H18F3NO/c1-2-3-8-6-9(8)14-4-5-15-7-10(11,12)13/h8-9,14H,2-7H2,1H3. The summed E-state index contributed by atoms with van der Waals surface area (Å²) in [5, 5.41) is 3.19. The summed E-state index contributed by atoms with van der Waals surface area (Å²) in [6.07, 6.45) is -0.661. The highest BCUT2D eigenvalue weighted by Gasteiger charge is 2.35. The van der Waals surface area contributed by atoms with Crippen LogP contribution in [0.3, 0.4) is 0 Å². The van der Waals surface area contributed by atoms with Crippen LogP contribution in [0.25, 0.3) is 0 Å². The van der Waals surface area contributed by atoms with Crippen LogP contribution in [0.1, 0.15) is 26.2 Å². The van der Waals surface area contributed by atoms with Gasteiger partial charge in [-0.15, -0.1) is 0 Å². The van der Waals surface area contributed by atoms with Gasteiger partial charge in [0.15, 0.2) is 0 Å². The number of hydrogen-bond acceptors (Lipinski definition) is 2. The molecule has 0 amide bonds. The van der Waals surface area contributed by atoms with Crippen molar-refractivity contribution in [2.45, 2.75) is 38.4 Å². The van der Waals surface area contributed by atoms with Crippen molar-refractivity contribution < 1.29 is 17.9 Å². The summed E-state index contributed by atoms with van der Waals surface area (Å²) in [6.45, 7) is 1.65. The van der Waals surface area contributed by atoms with E-state index >= 15 is 0 Å². The molecule has 1 saturated carbocycles. The minimum atomic E-state index is -4.20. The molecule has 2 nitrogen and oxygen atoms in total. The maximum absolute atomic E-state index is 11.7. The molecule has 1 N–H and O–H groups in total. The predicted molar refractivity (Wildman–Crippen MR) is 51.7 cm³/mol. The van der Waals surface area contributed by atoms with E-state index in [2.05, 4.69) is 17.0 Å². The first-order valence-corrected chi connectivity index (χ1v) is 5.41. The van der Waals surface area contributed by atoms with E-state index in [9.17, 15) is 13.2 Å². The molecule has 15 heavy (non-hydrogen) atoms. The van der Waals surface area contributed by atoms with Gasteiger partial charge >= 0.3 is 6.18 Å². The highest BCUT2D eigenvalue weighted by atomic mass is 19.4. The Labute approximate surface area is 88.2 Å². The van der Waals surface area contributed by atoms with E-state index in [1.807, 2.05) is 0 Å². The van der Waals surface area contributed by atoms with Crippen molar-refractivity contribution in [1.82, 2.24) is 5.32 Å². The lowest BCUT2D eigenvalue weighted by molar-refractivity contribution is -0.173. The van der Waals surface area contributed by atoms with Gasteiger partial charge in [-0.3, -0.25) is 0 Å². The predicted octanol–water partition coefficient (Wildman–Crippen LogP) is 2.34. The molecule has 0 aromatic heterocycles. The first kappa shape index (κ1) is 12.8. The Morgan fingerprint density at radius 3 is 2.73 bits per heavy atom. The summed E-state index contributed by atoms with van der Waals surface area (Å²) in [6, 6.07) is 0.513. The Morgan fingerprint density at radius 2 is 2.13 bits per heavy atom. The summed E-state index contributed by atoms with van der Waals surface area (Å²) in [4.78, 5) is 0. The molecular weight excluding hydrogens is 207 g/mol. The summed E-state index contributed by atoms with van der Waals surface area (Å²) >= 11 is 0. The van der Waals surface area contributed by atoms with Crippen LogP contribution in [0.5, 0.6) is 0 Å². The highest BCUT2D eigenvalue weighted by molar-refractivity contribution is 4.92. The van der Waals surface area contributed by atoms with Gasteiger partial charge in [-0.05, 0) is 18.8 Å². The van der Waals surface area contributed by atoms with Crippen LogP contribution in [-0.4, -0.2) is 32.0 Å². The summed E-state index contributed by atoms with van der Waals surface area (Å²) in [5.74, 6) is 0.734. The second-order valence-corrected chi connectivity index (χ2v) is 4.01. The van der Waals surface area contributed by atoms with Crippen LogP contribution in [0.4, 0.5) is 13.2 Å². The lowest BCUT2D eigenvalue weighted by atomic mass is 10.2. The normalized spacial score (nSPS) is 25.6. The molecule has 0 heterocycles. The van der Waals surface area contributed by atoms with Gasteiger partial charge in [0, 0.05) is 12.6 Å². The van der Waals surface area contributed by atoms with Gasteiger partial charge in [0.05, 0.1) is 6.61 Å². The van der Waals surface area contributed by atoms with Gasteiger partial charge in [0.25, 0.3) is 0 Å². The largest absolute Gasteiger partial charge is 0.411 e. The average molecular weight is 225 g/mol. The van der Waals surface area contributed by atoms with Crippen molar-refractivity contribution in [3.05, 3.63) is 0 Å². The second kappa shape index (κ2) is 5.70. The first-order valence-electron chi connectivity index (χ1n) is 5.41. The molecule has 0 radical (unpaired) electrons. The Balaban J connectivity index is 1.87. The van der Waals surface area contributed by atoms with Gasteiger partial charge in [-0.1, -0.05) is 13.3 Å². The SMILES string of the molecule is CCCC1CC1NCCOCC(F)(F)F. The van der Waals surface area contributed by atoms with E-state index in [1.165, 1.54) is 12.8 Å². The van der Waals surface area contributed by atoms with Gasteiger partial charge in [-0.2, -0.15) is 13.2 Å². The molecule has 1 fully saturated rings. The highest BCUT2D eigenvalue weighted by Crippen LogP contribution is 2.34. The van der Waals surface area contributed by atoms with E-state index in [-0.39, 0.29) is 6.61 Å². The Hall–Kier alpha value is -0.290.